The molecule has 0 radical (unpaired) electrons. The minimum Gasteiger partial charge on any atom is -0.341 e. The van der Waals surface area contributed by atoms with Crippen molar-refractivity contribution in [3.63, 3.8) is 0 Å². The molecule has 0 saturated carbocycles. The van der Waals surface area contributed by atoms with Crippen molar-refractivity contribution in [3.8, 4) is 0 Å². The Bertz CT molecular complexity index is 637. The van der Waals surface area contributed by atoms with E-state index in [0.29, 0.717) is 0 Å². The van der Waals surface area contributed by atoms with Crippen LogP contribution in [0.25, 0.3) is 0 Å². The number of pyridine rings is 1. The van der Waals surface area contributed by atoms with Gasteiger partial charge >= 0.3 is 0 Å². The molecule has 148 valence electrons. The summed E-state index contributed by atoms with van der Waals surface area (Å²) in [6, 6.07) is 3.84. The number of piperazine rings is 1. The number of nitrogens with zero attached hydrogens (tertiary/aromatic N) is 5. The first-order chi connectivity index (χ1) is 13.1. The molecular weight excluding hydrogens is 338 g/mol. The molecule has 0 aromatic carbocycles. The fraction of sp³-hybridized carbons (Fsp3) is 0.714. The lowest BCUT2D eigenvalue weighted by atomic mass is 9.83. The van der Waals surface area contributed by atoms with E-state index in [1.807, 2.05) is 12.3 Å². The van der Waals surface area contributed by atoms with E-state index in [1.54, 1.807) is 6.20 Å². The van der Waals surface area contributed by atoms with Crippen molar-refractivity contribution < 1.29 is 4.79 Å². The van der Waals surface area contributed by atoms with Gasteiger partial charge in [-0.25, -0.2) is 0 Å². The largest absolute Gasteiger partial charge is 0.341 e. The first-order valence-corrected chi connectivity index (χ1v) is 10.4. The number of likely N-dealkylation sites (N-methyl/N-ethyl adjacent to an activating group) is 2. The van der Waals surface area contributed by atoms with E-state index in [1.165, 1.54) is 12.8 Å². The molecule has 0 unspecified atom stereocenters. The van der Waals surface area contributed by atoms with Gasteiger partial charge in [-0.2, -0.15) is 0 Å². The fourth-order valence-electron chi connectivity index (χ4n) is 5.16. The molecule has 4 heterocycles. The number of likely N-dealkylation sites (tertiary alicyclic amines) is 2. The molecule has 0 bridgehead atoms. The van der Waals surface area contributed by atoms with Crippen LogP contribution in [-0.4, -0.2) is 95.9 Å². The van der Waals surface area contributed by atoms with Crippen molar-refractivity contribution in [1.82, 2.24) is 24.6 Å². The second kappa shape index (κ2) is 7.86. The van der Waals surface area contributed by atoms with Crippen LogP contribution in [0.15, 0.2) is 24.5 Å². The SMILES string of the molecule is CN1CCN(C)C2(CCN(C(=O)[C@H](c3cccnc3)N3CCCC3)CC2)C1. The Labute approximate surface area is 163 Å². The molecule has 27 heavy (non-hydrogen) atoms. The summed E-state index contributed by atoms with van der Waals surface area (Å²) in [5.41, 5.74) is 1.28. The summed E-state index contributed by atoms with van der Waals surface area (Å²) < 4.78 is 0. The van der Waals surface area contributed by atoms with Gasteiger partial charge in [-0.15, -0.1) is 0 Å². The second-order valence-electron chi connectivity index (χ2n) is 8.64. The fourth-order valence-corrected chi connectivity index (χ4v) is 5.16. The maximum absolute atomic E-state index is 13.5. The van der Waals surface area contributed by atoms with E-state index < -0.39 is 0 Å². The van der Waals surface area contributed by atoms with E-state index >= 15 is 0 Å². The van der Waals surface area contributed by atoms with Crippen LogP contribution in [0.1, 0.15) is 37.3 Å². The number of amides is 1. The zero-order chi connectivity index (χ0) is 18.9. The van der Waals surface area contributed by atoms with Crippen LogP contribution in [0.5, 0.6) is 0 Å². The molecule has 6 heteroatoms. The highest BCUT2D eigenvalue weighted by molar-refractivity contribution is 5.83. The van der Waals surface area contributed by atoms with Crippen LogP contribution in [0.2, 0.25) is 0 Å². The maximum atomic E-state index is 13.5. The smallest absolute Gasteiger partial charge is 0.244 e. The number of hydrogen-bond acceptors (Lipinski definition) is 5. The van der Waals surface area contributed by atoms with Crippen molar-refractivity contribution in [2.24, 2.45) is 0 Å². The summed E-state index contributed by atoms with van der Waals surface area (Å²) in [5.74, 6) is 0.270. The lowest BCUT2D eigenvalue weighted by Gasteiger charge is -2.52. The number of aromatic nitrogens is 1. The summed E-state index contributed by atoms with van der Waals surface area (Å²) in [5, 5.41) is 0. The minimum atomic E-state index is -0.165. The molecule has 3 fully saturated rings. The molecule has 1 aromatic rings. The van der Waals surface area contributed by atoms with Gasteiger partial charge in [-0.1, -0.05) is 6.07 Å². The van der Waals surface area contributed by atoms with E-state index in [2.05, 4.69) is 44.7 Å². The molecule has 1 aromatic heterocycles. The monoisotopic (exact) mass is 371 g/mol. The Morgan fingerprint density at radius 3 is 2.48 bits per heavy atom. The van der Waals surface area contributed by atoms with Gasteiger partial charge in [0.15, 0.2) is 0 Å². The number of piperidine rings is 1. The highest BCUT2D eigenvalue weighted by atomic mass is 16.2. The minimum absolute atomic E-state index is 0.165. The van der Waals surface area contributed by atoms with Crippen LogP contribution < -0.4 is 0 Å². The Kier molecular flexibility index (Phi) is 5.48. The topological polar surface area (TPSA) is 42.9 Å². The van der Waals surface area contributed by atoms with Crippen molar-refractivity contribution in [2.75, 3.05) is 59.9 Å². The van der Waals surface area contributed by atoms with Gasteiger partial charge in [0.05, 0.1) is 0 Å². The third-order valence-corrected chi connectivity index (χ3v) is 6.94. The van der Waals surface area contributed by atoms with E-state index in [9.17, 15) is 4.79 Å². The molecular formula is C21H33N5O. The van der Waals surface area contributed by atoms with Crippen molar-refractivity contribution in [2.45, 2.75) is 37.3 Å². The Balaban J connectivity index is 1.48. The van der Waals surface area contributed by atoms with Crippen molar-refractivity contribution in [1.29, 1.82) is 0 Å². The molecule has 1 amide bonds. The lowest BCUT2D eigenvalue weighted by Crippen LogP contribution is -2.64. The molecule has 6 nitrogen and oxygen atoms in total. The molecule has 0 aliphatic carbocycles. The second-order valence-corrected chi connectivity index (χ2v) is 8.64. The average Bonchev–Trinajstić information content (AvgIpc) is 3.21. The van der Waals surface area contributed by atoms with Crippen LogP contribution >= 0.6 is 0 Å². The number of hydrogen-bond donors (Lipinski definition) is 0. The lowest BCUT2D eigenvalue weighted by molar-refractivity contribution is -0.140. The van der Waals surface area contributed by atoms with Crippen LogP contribution in [-0.2, 0) is 4.79 Å². The summed E-state index contributed by atoms with van der Waals surface area (Å²) in [6.07, 6.45) is 8.17. The van der Waals surface area contributed by atoms with Crippen molar-refractivity contribution in [3.05, 3.63) is 30.1 Å². The molecule has 0 N–H and O–H groups in total. The molecule has 4 rings (SSSR count). The summed E-state index contributed by atoms with van der Waals surface area (Å²) in [6.45, 7) is 7.12. The zero-order valence-electron chi connectivity index (χ0n) is 16.8. The summed E-state index contributed by atoms with van der Waals surface area (Å²) in [7, 11) is 4.48. The molecule has 3 saturated heterocycles. The summed E-state index contributed by atoms with van der Waals surface area (Å²) in [4.78, 5) is 27.3. The Morgan fingerprint density at radius 1 is 1.07 bits per heavy atom. The van der Waals surface area contributed by atoms with Gasteiger partial charge in [0.1, 0.15) is 6.04 Å². The van der Waals surface area contributed by atoms with E-state index in [0.717, 1.165) is 64.2 Å². The third-order valence-electron chi connectivity index (χ3n) is 6.94. The molecule has 3 aliphatic heterocycles. The van der Waals surface area contributed by atoms with Crippen LogP contribution in [0.3, 0.4) is 0 Å². The average molecular weight is 372 g/mol. The normalized spacial score (nSPS) is 25.8. The quantitative estimate of drug-likeness (QED) is 0.805. The van der Waals surface area contributed by atoms with Crippen LogP contribution in [0, 0.1) is 0 Å². The van der Waals surface area contributed by atoms with Gasteiger partial charge in [0, 0.05) is 50.7 Å². The van der Waals surface area contributed by atoms with Crippen LogP contribution in [0.4, 0.5) is 0 Å². The number of rotatable bonds is 3. The first-order valence-electron chi connectivity index (χ1n) is 10.4. The van der Waals surface area contributed by atoms with Gasteiger partial charge in [-0.05, 0) is 64.5 Å². The van der Waals surface area contributed by atoms with Gasteiger partial charge < -0.3 is 9.80 Å². The number of carbonyl (C=O) groups excluding carboxylic acids is 1. The van der Waals surface area contributed by atoms with E-state index in [-0.39, 0.29) is 17.5 Å². The standard InChI is InChI=1S/C21H33N5O/c1-23-14-15-24(2)21(17-23)7-12-26(13-8-21)20(27)19(25-10-3-4-11-25)18-6-5-9-22-16-18/h5-6,9,16,19H,3-4,7-8,10-15,17H2,1-2H3/t19-/m0/s1. The van der Waals surface area contributed by atoms with Crippen molar-refractivity contribution >= 4 is 5.91 Å². The Hall–Kier alpha value is -1.50. The Morgan fingerprint density at radius 2 is 1.81 bits per heavy atom. The molecule has 1 spiro atoms. The van der Waals surface area contributed by atoms with Gasteiger partial charge in [0.25, 0.3) is 0 Å². The number of carbonyl (C=O) groups is 1. The predicted molar refractivity (Wildman–Crippen MR) is 106 cm³/mol. The molecule has 1 atom stereocenters. The van der Waals surface area contributed by atoms with Gasteiger partial charge in [0.2, 0.25) is 5.91 Å². The highest BCUT2D eigenvalue weighted by Gasteiger charge is 2.43. The maximum Gasteiger partial charge on any atom is 0.244 e. The first kappa shape index (κ1) is 18.8. The highest BCUT2D eigenvalue weighted by Crippen LogP contribution is 2.33. The van der Waals surface area contributed by atoms with Gasteiger partial charge in [-0.3, -0.25) is 19.6 Å². The molecule has 3 aliphatic rings. The summed E-state index contributed by atoms with van der Waals surface area (Å²) >= 11 is 0. The third kappa shape index (κ3) is 3.75. The van der Waals surface area contributed by atoms with E-state index in [4.69, 9.17) is 0 Å². The zero-order valence-corrected chi connectivity index (χ0v) is 16.8. The predicted octanol–water partition coefficient (Wildman–Crippen LogP) is 1.46.